The predicted molar refractivity (Wildman–Crippen MR) is 117 cm³/mol. The summed E-state index contributed by atoms with van der Waals surface area (Å²) in [4.78, 5) is 39.7. The van der Waals surface area contributed by atoms with Gasteiger partial charge in [0.25, 0.3) is 5.91 Å². The van der Waals surface area contributed by atoms with Gasteiger partial charge in [0.05, 0.1) is 7.11 Å². The third-order valence-corrected chi connectivity index (χ3v) is 6.79. The molecule has 2 rings (SSSR count). The van der Waals surface area contributed by atoms with Crippen LogP contribution in [0.2, 0.25) is 0 Å². The zero-order valence-corrected chi connectivity index (χ0v) is 18.8. The maximum atomic E-state index is 12.8. The summed E-state index contributed by atoms with van der Waals surface area (Å²) < 4.78 is 5.16. The van der Waals surface area contributed by atoms with Crippen molar-refractivity contribution in [1.82, 2.24) is 4.90 Å². The number of hydrogen-bond donors (Lipinski definition) is 0. The molecule has 1 aromatic rings. The highest BCUT2D eigenvalue weighted by Crippen LogP contribution is 2.27. The Hall–Kier alpha value is -1.82. The summed E-state index contributed by atoms with van der Waals surface area (Å²) >= 11 is 1.29. The number of ketones is 1. The molecule has 1 heterocycles. The van der Waals surface area contributed by atoms with Gasteiger partial charge in [-0.1, -0.05) is 44.7 Å². The van der Waals surface area contributed by atoms with Crippen LogP contribution in [0.25, 0.3) is 0 Å². The van der Waals surface area contributed by atoms with Gasteiger partial charge in [0.15, 0.2) is 0 Å². The molecule has 1 atom stereocenters. The van der Waals surface area contributed by atoms with Gasteiger partial charge in [0.1, 0.15) is 11.8 Å². The van der Waals surface area contributed by atoms with Gasteiger partial charge in [-0.2, -0.15) is 0 Å². The van der Waals surface area contributed by atoms with Crippen molar-refractivity contribution in [2.45, 2.75) is 65.3 Å². The monoisotopic (exact) mass is 419 g/mol. The first-order valence-electron chi connectivity index (χ1n) is 10.4. The van der Waals surface area contributed by atoms with Crippen LogP contribution < -0.4 is 4.74 Å². The number of Topliss-reactive ketones (excluding diaryl/α,β-unsaturated/α-hetero) is 1. The number of amides is 1. The van der Waals surface area contributed by atoms with Crippen LogP contribution in [0.4, 0.5) is 0 Å². The molecular weight excluding hydrogens is 386 g/mol. The van der Waals surface area contributed by atoms with Crippen LogP contribution in [-0.2, 0) is 20.8 Å². The number of likely N-dealkylation sites (tertiary alicyclic amines) is 1. The molecule has 1 aliphatic heterocycles. The van der Waals surface area contributed by atoms with Crippen LogP contribution in [0.3, 0.4) is 0 Å². The summed E-state index contributed by atoms with van der Waals surface area (Å²) in [5.74, 6) is 0.664. The molecule has 1 aromatic carbocycles. The number of piperidine rings is 1. The fourth-order valence-electron chi connectivity index (χ4n) is 3.34. The van der Waals surface area contributed by atoms with E-state index in [-0.39, 0.29) is 10.9 Å². The van der Waals surface area contributed by atoms with E-state index in [1.165, 1.54) is 22.2 Å². The summed E-state index contributed by atoms with van der Waals surface area (Å²) in [6.07, 6.45) is 4.78. The maximum absolute atomic E-state index is 12.8. The van der Waals surface area contributed by atoms with Crippen molar-refractivity contribution < 1.29 is 19.1 Å². The Morgan fingerprint density at radius 3 is 2.48 bits per heavy atom. The molecule has 0 bridgehead atoms. The standard InChI is InChI=1S/C23H33NO4S/c1-5-23(2,3)20(25)21(26)24-15-7-6-10-19(24)22(27)29-16-8-9-17-11-13-18(28-4)14-12-17/h11-14,19H,5-10,15-16H2,1-4H3. The lowest BCUT2D eigenvalue weighted by Crippen LogP contribution is -2.52. The molecule has 0 N–H and O–H groups in total. The van der Waals surface area contributed by atoms with E-state index >= 15 is 0 Å². The smallest absolute Gasteiger partial charge is 0.291 e. The van der Waals surface area contributed by atoms with Gasteiger partial charge in [-0.15, -0.1) is 0 Å². The maximum Gasteiger partial charge on any atom is 0.291 e. The van der Waals surface area contributed by atoms with E-state index < -0.39 is 17.4 Å². The molecule has 1 saturated heterocycles. The molecule has 0 saturated carbocycles. The molecule has 5 nitrogen and oxygen atoms in total. The van der Waals surface area contributed by atoms with Crippen LogP contribution in [0.5, 0.6) is 5.75 Å². The number of rotatable bonds is 9. The molecule has 160 valence electrons. The second-order valence-electron chi connectivity index (χ2n) is 8.20. The molecule has 29 heavy (non-hydrogen) atoms. The molecule has 1 fully saturated rings. The van der Waals surface area contributed by atoms with Gasteiger partial charge in [-0.05, 0) is 56.2 Å². The summed E-state index contributed by atoms with van der Waals surface area (Å²) in [5, 5.41) is 0.00915. The number of benzene rings is 1. The van der Waals surface area contributed by atoms with Crippen molar-refractivity contribution in [3.63, 3.8) is 0 Å². The molecule has 0 aliphatic carbocycles. The highest BCUT2D eigenvalue weighted by molar-refractivity contribution is 8.13. The quantitative estimate of drug-likeness (QED) is 0.442. The van der Waals surface area contributed by atoms with Crippen LogP contribution in [0.15, 0.2) is 24.3 Å². The van der Waals surface area contributed by atoms with E-state index in [1.54, 1.807) is 21.0 Å². The van der Waals surface area contributed by atoms with Crippen LogP contribution in [-0.4, -0.2) is 47.2 Å². The van der Waals surface area contributed by atoms with Gasteiger partial charge in [-0.3, -0.25) is 14.4 Å². The Bertz CT molecular complexity index is 714. The third-order valence-electron chi connectivity index (χ3n) is 5.74. The number of carbonyl (C=O) groups is 3. The van der Waals surface area contributed by atoms with Crippen molar-refractivity contribution in [2.75, 3.05) is 19.4 Å². The largest absolute Gasteiger partial charge is 0.497 e. The molecule has 1 amide bonds. The lowest BCUT2D eigenvalue weighted by atomic mass is 9.84. The molecule has 0 radical (unpaired) electrons. The minimum Gasteiger partial charge on any atom is -0.497 e. The van der Waals surface area contributed by atoms with Crippen LogP contribution >= 0.6 is 11.8 Å². The second kappa shape index (κ2) is 10.8. The highest BCUT2D eigenvalue weighted by atomic mass is 32.2. The third kappa shape index (κ3) is 6.33. The van der Waals surface area contributed by atoms with Gasteiger partial charge in [-0.25, -0.2) is 0 Å². The van der Waals surface area contributed by atoms with Gasteiger partial charge in [0.2, 0.25) is 10.9 Å². The fraction of sp³-hybridized carbons (Fsp3) is 0.609. The average molecular weight is 420 g/mol. The topological polar surface area (TPSA) is 63.7 Å². The number of ether oxygens (including phenoxy) is 1. The van der Waals surface area contributed by atoms with Gasteiger partial charge >= 0.3 is 0 Å². The Kier molecular flexibility index (Phi) is 8.75. The van der Waals surface area contributed by atoms with Crippen molar-refractivity contribution in [3.8, 4) is 5.75 Å². The summed E-state index contributed by atoms with van der Waals surface area (Å²) in [5.41, 5.74) is 0.522. The number of hydrogen-bond acceptors (Lipinski definition) is 5. The van der Waals surface area contributed by atoms with E-state index in [2.05, 4.69) is 0 Å². The Balaban J connectivity index is 1.88. The summed E-state index contributed by atoms with van der Waals surface area (Å²) in [6.45, 7) is 5.99. The van der Waals surface area contributed by atoms with Crippen LogP contribution in [0.1, 0.15) is 58.4 Å². The lowest BCUT2D eigenvalue weighted by molar-refractivity contribution is -0.152. The fourth-order valence-corrected chi connectivity index (χ4v) is 4.26. The second-order valence-corrected chi connectivity index (χ2v) is 9.30. The van der Waals surface area contributed by atoms with Gasteiger partial charge < -0.3 is 9.64 Å². The minimum absolute atomic E-state index is 0.00915. The normalized spacial score (nSPS) is 17.1. The Morgan fingerprint density at radius 1 is 1.17 bits per heavy atom. The van der Waals surface area contributed by atoms with Crippen molar-refractivity contribution in [2.24, 2.45) is 5.41 Å². The highest BCUT2D eigenvalue weighted by Gasteiger charge is 2.39. The van der Waals surface area contributed by atoms with Crippen molar-refractivity contribution in [1.29, 1.82) is 0 Å². The van der Waals surface area contributed by atoms with Crippen molar-refractivity contribution in [3.05, 3.63) is 29.8 Å². The number of nitrogens with zero attached hydrogens (tertiary/aromatic N) is 1. The summed E-state index contributed by atoms with van der Waals surface area (Å²) in [6, 6.07) is 7.47. The molecule has 1 aliphatic rings. The summed E-state index contributed by atoms with van der Waals surface area (Å²) in [7, 11) is 1.65. The zero-order chi connectivity index (χ0) is 21.4. The molecule has 0 aromatic heterocycles. The van der Waals surface area contributed by atoms with E-state index in [0.717, 1.165) is 31.4 Å². The van der Waals surface area contributed by atoms with E-state index in [9.17, 15) is 14.4 Å². The Labute approximate surface area is 178 Å². The minimum atomic E-state index is -0.687. The molecule has 1 unspecified atom stereocenters. The molecular formula is C23H33NO4S. The van der Waals surface area contributed by atoms with Crippen molar-refractivity contribution >= 4 is 28.6 Å². The first-order valence-corrected chi connectivity index (χ1v) is 11.4. The number of carbonyl (C=O) groups excluding carboxylic acids is 3. The average Bonchev–Trinajstić information content (AvgIpc) is 2.75. The lowest BCUT2D eigenvalue weighted by Gasteiger charge is -2.35. The van der Waals surface area contributed by atoms with E-state index in [4.69, 9.17) is 4.74 Å². The number of aryl methyl sites for hydroxylation is 1. The van der Waals surface area contributed by atoms with E-state index in [0.29, 0.717) is 25.1 Å². The zero-order valence-electron chi connectivity index (χ0n) is 18.0. The molecule has 0 spiro atoms. The molecule has 6 heteroatoms. The first kappa shape index (κ1) is 23.5. The van der Waals surface area contributed by atoms with Gasteiger partial charge in [0, 0.05) is 17.7 Å². The van der Waals surface area contributed by atoms with Crippen LogP contribution in [0, 0.1) is 5.41 Å². The number of methoxy groups -OCH3 is 1. The van der Waals surface area contributed by atoms with E-state index in [1.807, 2.05) is 31.2 Å². The Morgan fingerprint density at radius 2 is 1.86 bits per heavy atom. The SMILES string of the molecule is CCC(C)(C)C(=O)C(=O)N1CCCCC1C(=O)SCCCc1ccc(OC)cc1. The number of thioether (sulfide) groups is 1. The predicted octanol–water partition coefficient (Wildman–Crippen LogP) is 4.27. The first-order chi connectivity index (χ1) is 13.8.